The third kappa shape index (κ3) is 3.19. The van der Waals surface area contributed by atoms with E-state index in [0.29, 0.717) is 52.5 Å². The molecule has 0 aromatic heterocycles. The molecule has 0 bridgehead atoms. The van der Waals surface area contributed by atoms with Crippen LogP contribution in [0.2, 0.25) is 5.02 Å². The summed E-state index contributed by atoms with van der Waals surface area (Å²) in [6.07, 6.45) is 0. The predicted octanol–water partition coefficient (Wildman–Crippen LogP) is 3.38. The molecule has 0 atom stereocenters. The molecule has 0 fully saturated rings. The Balaban J connectivity index is 1.87. The average molecular weight is 350 g/mol. The van der Waals surface area contributed by atoms with E-state index in [1.54, 1.807) is 30.3 Å². The lowest BCUT2D eigenvalue weighted by atomic mass is 10.1. The highest BCUT2D eigenvalue weighted by Gasteiger charge is 2.17. The number of anilines is 1. The number of halogens is 1. The van der Waals surface area contributed by atoms with Crippen LogP contribution in [0.25, 0.3) is 0 Å². The molecule has 7 heteroatoms. The van der Waals surface area contributed by atoms with Crippen molar-refractivity contribution in [3.05, 3.63) is 40.9 Å². The predicted molar refractivity (Wildman–Crippen MR) is 89.9 cm³/mol. The highest BCUT2D eigenvalue weighted by Crippen LogP contribution is 2.36. The maximum absolute atomic E-state index is 12.5. The minimum Gasteiger partial charge on any atom is -0.495 e. The highest BCUT2D eigenvalue weighted by atomic mass is 35.5. The number of amides is 1. The number of hydrogen-bond donors (Lipinski definition) is 1. The summed E-state index contributed by atoms with van der Waals surface area (Å²) in [5.74, 6) is 1.74. The van der Waals surface area contributed by atoms with Gasteiger partial charge >= 0.3 is 0 Å². The largest absolute Gasteiger partial charge is 0.495 e. The number of fused-ring (bicyclic) bond motifs is 1. The summed E-state index contributed by atoms with van der Waals surface area (Å²) in [6.45, 7) is 0.959. The van der Waals surface area contributed by atoms with Crippen molar-refractivity contribution in [3.63, 3.8) is 0 Å². The summed E-state index contributed by atoms with van der Waals surface area (Å²) < 4.78 is 21.4. The number of carbonyl (C=O) groups is 1. The van der Waals surface area contributed by atoms with Gasteiger partial charge in [-0.2, -0.15) is 0 Å². The van der Waals surface area contributed by atoms with E-state index in [-0.39, 0.29) is 5.91 Å². The number of hydrogen-bond acceptors (Lipinski definition) is 5. The van der Waals surface area contributed by atoms with Crippen molar-refractivity contribution < 1.29 is 23.7 Å². The summed E-state index contributed by atoms with van der Waals surface area (Å²) in [5.41, 5.74) is 0.897. The smallest absolute Gasteiger partial charge is 0.255 e. The van der Waals surface area contributed by atoms with E-state index in [1.807, 2.05) is 0 Å². The fraction of sp³-hybridized carbons (Fsp3) is 0.235. The van der Waals surface area contributed by atoms with Gasteiger partial charge < -0.3 is 24.3 Å². The Morgan fingerprint density at radius 3 is 2.46 bits per heavy atom. The van der Waals surface area contributed by atoms with Crippen LogP contribution in [0.4, 0.5) is 5.69 Å². The molecule has 3 rings (SSSR count). The molecule has 2 aromatic rings. The van der Waals surface area contributed by atoms with Crippen molar-refractivity contribution in [2.45, 2.75) is 0 Å². The number of benzene rings is 2. The zero-order valence-corrected chi connectivity index (χ0v) is 14.0. The number of carbonyl (C=O) groups excluding carboxylic acids is 1. The van der Waals surface area contributed by atoms with E-state index in [2.05, 4.69) is 5.32 Å². The Morgan fingerprint density at radius 1 is 1.04 bits per heavy atom. The quantitative estimate of drug-likeness (QED) is 0.916. The van der Waals surface area contributed by atoms with Crippen LogP contribution in [-0.4, -0.2) is 33.3 Å². The molecule has 0 saturated carbocycles. The molecule has 0 radical (unpaired) electrons. The van der Waals surface area contributed by atoms with E-state index in [9.17, 15) is 4.79 Å². The zero-order chi connectivity index (χ0) is 17.1. The van der Waals surface area contributed by atoms with E-state index in [1.165, 1.54) is 14.2 Å². The molecule has 0 unspecified atom stereocenters. The summed E-state index contributed by atoms with van der Waals surface area (Å²) >= 11 is 6.07. The van der Waals surface area contributed by atoms with Crippen molar-refractivity contribution in [3.8, 4) is 23.0 Å². The van der Waals surface area contributed by atoms with Crippen molar-refractivity contribution in [1.82, 2.24) is 0 Å². The zero-order valence-electron chi connectivity index (χ0n) is 13.2. The Bertz CT molecular complexity index is 778. The SMILES string of the molecule is COc1cc(NC(=O)c2ccc3c(c2)OCCO3)c(OC)cc1Cl. The maximum atomic E-state index is 12.5. The van der Waals surface area contributed by atoms with Crippen LogP contribution in [0, 0.1) is 0 Å². The van der Waals surface area contributed by atoms with Gasteiger partial charge in [0.15, 0.2) is 11.5 Å². The van der Waals surface area contributed by atoms with Gasteiger partial charge in [-0.3, -0.25) is 4.79 Å². The Hall–Kier alpha value is -2.60. The number of methoxy groups -OCH3 is 2. The van der Waals surface area contributed by atoms with Crippen LogP contribution < -0.4 is 24.3 Å². The van der Waals surface area contributed by atoms with Gasteiger partial charge in [0.1, 0.15) is 24.7 Å². The molecule has 2 aromatic carbocycles. The Labute approximate surface area is 144 Å². The molecule has 0 saturated heterocycles. The monoisotopic (exact) mass is 349 g/mol. The van der Waals surface area contributed by atoms with Crippen LogP contribution in [0.15, 0.2) is 30.3 Å². The normalized spacial score (nSPS) is 12.5. The summed E-state index contributed by atoms with van der Waals surface area (Å²) in [4.78, 5) is 12.5. The lowest BCUT2D eigenvalue weighted by Gasteiger charge is -2.19. The third-order valence-electron chi connectivity index (χ3n) is 3.53. The van der Waals surface area contributed by atoms with Gasteiger partial charge in [-0.1, -0.05) is 11.6 Å². The molecule has 1 amide bonds. The number of nitrogens with one attached hydrogen (secondary N) is 1. The van der Waals surface area contributed by atoms with Gasteiger partial charge in [-0.15, -0.1) is 0 Å². The van der Waals surface area contributed by atoms with Crippen LogP contribution in [-0.2, 0) is 0 Å². The first kappa shape index (κ1) is 16.3. The van der Waals surface area contributed by atoms with Gasteiger partial charge in [0, 0.05) is 17.7 Å². The second kappa shape index (κ2) is 6.88. The van der Waals surface area contributed by atoms with Crippen LogP contribution in [0.1, 0.15) is 10.4 Å². The summed E-state index contributed by atoms with van der Waals surface area (Å²) in [6, 6.07) is 8.21. The average Bonchev–Trinajstić information content (AvgIpc) is 2.62. The molecular formula is C17H16ClNO5. The molecule has 24 heavy (non-hydrogen) atoms. The molecule has 1 aliphatic heterocycles. The summed E-state index contributed by atoms with van der Waals surface area (Å²) in [5, 5.41) is 3.18. The number of rotatable bonds is 4. The highest BCUT2D eigenvalue weighted by molar-refractivity contribution is 6.32. The maximum Gasteiger partial charge on any atom is 0.255 e. The molecule has 6 nitrogen and oxygen atoms in total. The summed E-state index contributed by atoms with van der Waals surface area (Å²) in [7, 11) is 3.00. The minimum absolute atomic E-state index is 0.311. The van der Waals surface area contributed by atoms with Crippen molar-refractivity contribution >= 4 is 23.2 Å². The molecule has 0 aliphatic carbocycles. The second-order valence-electron chi connectivity index (χ2n) is 5.00. The van der Waals surface area contributed by atoms with Crippen molar-refractivity contribution in [2.75, 3.05) is 32.8 Å². The number of ether oxygens (including phenoxy) is 4. The molecule has 0 spiro atoms. The third-order valence-corrected chi connectivity index (χ3v) is 3.82. The van der Waals surface area contributed by atoms with Gasteiger partial charge in [0.25, 0.3) is 5.91 Å². The topological polar surface area (TPSA) is 66.0 Å². The van der Waals surface area contributed by atoms with Gasteiger partial charge in [-0.05, 0) is 18.2 Å². The van der Waals surface area contributed by atoms with E-state index in [0.717, 1.165) is 0 Å². The van der Waals surface area contributed by atoms with E-state index < -0.39 is 0 Å². The van der Waals surface area contributed by atoms with Crippen LogP contribution in [0.3, 0.4) is 0 Å². The first-order valence-corrected chi connectivity index (χ1v) is 7.62. The molecular weight excluding hydrogens is 334 g/mol. The van der Waals surface area contributed by atoms with Gasteiger partial charge in [0.05, 0.1) is 24.9 Å². The fourth-order valence-electron chi connectivity index (χ4n) is 2.34. The molecule has 126 valence electrons. The van der Waals surface area contributed by atoms with E-state index in [4.69, 9.17) is 30.5 Å². The minimum atomic E-state index is -0.311. The van der Waals surface area contributed by atoms with Crippen molar-refractivity contribution in [2.24, 2.45) is 0 Å². The first-order chi connectivity index (χ1) is 11.6. The Kier molecular flexibility index (Phi) is 4.66. The standard InChI is InChI=1S/C17H16ClNO5/c1-21-14-9-12(15(22-2)8-11(14)18)19-17(20)10-3-4-13-16(7-10)24-6-5-23-13/h3-4,7-9H,5-6H2,1-2H3,(H,19,20). The first-order valence-electron chi connectivity index (χ1n) is 7.25. The molecule has 1 heterocycles. The lowest BCUT2D eigenvalue weighted by molar-refractivity contribution is 0.102. The van der Waals surface area contributed by atoms with Crippen LogP contribution in [0.5, 0.6) is 23.0 Å². The van der Waals surface area contributed by atoms with Gasteiger partial charge in [0.2, 0.25) is 0 Å². The fourth-order valence-corrected chi connectivity index (χ4v) is 2.57. The second-order valence-corrected chi connectivity index (χ2v) is 5.41. The van der Waals surface area contributed by atoms with Gasteiger partial charge in [-0.25, -0.2) is 0 Å². The van der Waals surface area contributed by atoms with Crippen LogP contribution >= 0.6 is 11.6 Å². The lowest BCUT2D eigenvalue weighted by Crippen LogP contribution is -2.17. The Morgan fingerprint density at radius 2 is 1.75 bits per heavy atom. The molecule has 1 aliphatic rings. The van der Waals surface area contributed by atoms with E-state index >= 15 is 0 Å². The molecule has 1 N–H and O–H groups in total. The van der Waals surface area contributed by atoms with Crippen molar-refractivity contribution in [1.29, 1.82) is 0 Å².